The van der Waals surface area contributed by atoms with Crippen molar-refractivity contribution in [3.8, 4) is 5.88 Å². The Morgan fingerprint density at radius 2 is 1.88 bits per heavy atom. The molecule has 0 atom stereocenters. The van der Waals surface area contributed by atoms with Gasteiger partial charge < -0.3 is 4.74 Å². The quantitative estimate of drug-likeness (QED) is 0.671. The minimum atomic E-state index is -3.30. The molecule has 0 spiro atoms. The van der Waals surface area contributed by atoms with E-state index in [4.69, 9.17) is 4.74 Å². The molecule has 6 nitrogen and oxygen atoms in total. The Bertz CT molecular complexity index is 981. The summed E-state index contributed by atoms with van der Waals surface area (Å²) in [6.45, 7) is 0.941. The number of ether oxygens (including phenoxy) is 1. The molecule has 0 saturated carbocycles. The Morgan fingerprint density at radius 3 is 2.65 bits per heavy atom. The molecule has 2 aromatic heterocycles. The average Bonchev–Trinajstić information content (AvgIpc) is 3.13. The maximum absolute atomic E-state index is 12.6. The first-order valence-electron chi connectivity index (χ1n) is 8.48. The molecule has 0 amide bonds. The topological polar surface area (TPSA) is 72.4 Å². The molecule has 0 bridgehead atoms. The third-order valence-electron chi connectivity index (χ3n) is 4.48. The maximum atomic E-state index is 12.6. The van der Waals surface area contributed by atoms with Gasteiger partial charge in [-0.3, -0.25) is 0 Å². The van der Waals surface area contributed by atoms with Gasteiger partial charge in [-0.15, -0.1) is 11.3 Å². The van der Waals surface area contributed by atoms with Gasteiger partial charge in [-0.2, -0.15) is 0 Å². The van der Waals surface area contributed by atoms with E-state index >= 15 is 0 Å². The van der Waals surface area contributed by atoms with Crippen LogP contribution in [0.2, 0.25) is 0 Å². The fourth-order valence-electron chi connectivity index (χ4n) is 3.11. The molecule has 3 aromatic rings. The van der Waals surface area contributed by atoms with Crippen molar-refractivity contribution in [1.82, 2.24) is 14.3 Å². The van der Waals surface area contributed by atoms with E-state index < -0.39 is 10.0 Å². The van der Waals surface area contributed by atoms with E-state index in [2.05, 4.69) is 9.97 Å². The van der Waals surface area contributed by atoms with Gasteiger partial charge in [-0.1, -0.05) is 30.3 Å². The summed E-state index contributed by atoms with van der Waals surface area (Å²) in [5, 5.41) is 1.96. The lowest BCUT2D eigenvalue weighted by molar-refractivity contribution is 0.132. The van der Waals surface area contributed by atoms with E-state index in [0.717, 1.165) is 15.8 Å². The van der Waals surface area contributed by atoms with E-state index in [9.17, 15) is 8.42 Å². The standard InChI is InChI=1S/C18H19N3O3S2/c22-26(23,12-14-4-2-1-3-5-14)21-9-6-15(7-10-21)24-18-17-16(8-11-25-17)19-13-20-18/h1-5,8,11,13,15H,6-7,9-10,12H2. The highest BCUT2D eigenvalue weighted by atomic mass is 32.2. The molecular formula is C18H19N3O3S2. The van der Waals surface area contributed by atoms with Crippen LogP contribution in [0, 0.1) is 0 Å². The number of piperidine rings is 1. The van der Waals surface area contributed by atoms with Gasteiger partial charge in [-0.25, -0.2) is 22.7 Å². The van der Waals surface area contributed by atoms with Crippen LogP contribution >= 0.6 is 11.3 Å². The van der Waals surface area contributed by atoms with Crippen molar-refractivity contribution in [1.29, 1.82) is 0 Å². The summed E-state index contributed by atoms with van der Waals surface area (Å²) in [6, 6.07) is 11.2. The summed E-state index contributed by atoms with van der Waals surface area (Å²) < 4.78 is 33.8. The van der Waals surface area contributed by atoms with Crippen molar-refractivity contribution in [3.05, 3.63) is 53.7 Å². The number of fused-ring (bicyclic) bond motifs is 1. The summed E-state index contributed by atoms with van der Waals surface area (Å²) in [4.78, 5) is 8.45. The largest absolute Gasteiger partial charge is 0.473 e. The third kappa shape index (κ3) is 3.72. The van der Waals surface area contributed by atoms with Crippen LogP contribution in [0.3, 0.4) is 0 Å². The Balaban J connectivity index is 1.39. The van der Waals surface area contributed by atoms with Gasteiger partial charge in [0.15, 0.2) is 0 Å². The average molecular weight is 390 g/mol. The number of sulfonamides is 1. The molecule has 4 rings (SSSR count). The van der Waals surface area contributed by atoms with Gasteiger partial charge >= 0.3 is 0 Å². The molecule has 1 aliphatic heterocycles. The molecule has 0 aliphatic carbocycles. The van der Waals surface area contributed by atoms with E-state index in [1.54, 1.807) is 15.6 Å². The number of rotatable bonds is 5. The molecule has 0 N–H and O–H groups in total. The lowest BCUT2D eigenvalue weighted by Gasteiger charge is -2.31. The van der Waals surface area contributed by atoms with Crippen LogP contribution in [0.15, 0.2) is 48.1 Å². The number of hydrogen-bond acceptors (Lipinski definition) is 6. The number of thiophene rings is 1. The molecule has 0 radical (unpaired) electrons. The third-order valence-corrected chi connectivity index (χ3v) is 7.22. The Hall–Kier alpha value is -2.03. The first-order valence-corrected chi connectivity index (χ1v) is 11.0. The van der Waals surface area contributed by atoms with Crippen LogP contribution in [0.4, 0.5) is 0 Å². The molecule has 136 valence electrons. The molecule has 0 unspecified atom stereocenters. The second kappa shape index (κ2) is 7.30. The molecule has 3 heterocycles. The minimum Gasteiger partial charge on any atom is -0.473 e. The van der Waals surface area contributed by atoms with E-state index in [-0.39, 0.29) is 11.9 Å². The van der Waals surface area contributed by atoms with E-state index in [0.29, 0.717) is 31.8 Å². The number of hydrogen-bond donors (Lipinski definition) is 0. The van der Waals surface area contributed by atoms with Gasteiger partial charge in [0.2, 0.25) is 15.9 Å². The van der Waals surface area contributed by atoms with Crippen LogP contribution in [-0.2, 0) is 15.8 Å². The fraction of sp³-hybridized carbons (Fsp3) is 0.333. The molecule has 1 aromatic carbocycles. The normalized spacial score (nSPS) is 16.8. The Kier molecular flexibility index (Phi) is 4.88. The van der Waals surface area contributed by atoms with Crippen LogP contribution in [-0.4, -0.2) is 41.9 Å². The minimum absolute atomic E-state index is 0.0293. The highest BCUT2D eigenvalue weighted by Crippen LogP contribution is 2.29. The van der Waals surface area contributed by atoms with Crippen molar-refractivity contribution in [2.24, 2.45) is 0 Å². The predicted molar refractivity (Wildman–Crippen MR) is 102 cm³/mol. The lowest BCUT2D eigenvalue weighted by Crippen LogP contribution is -2.42. The van der Waals surface area contributed by atoms with Crippen molar-refractivity contribution in [2.45, 2.75) is 24.7 Å². The summed E-state index contributed by atoms with van der Waals surface area (Å²) in [6.07, 6.45) is 2.79. The van der Waals surface area contributed by atoms with Gasteiger partial charge in [-0.05, 0) is 29.9 Å². The SMILES string of the molecule is O=S(=O)(Cc1ccccc1)N1CCC(Oc2ncnc3ccsc23)CC1. The summed E-state index contributed by atoms with van der Waals surface area (Å²) in [7, 11) is -3.30. The highest BCUT2D eigenvalue weighted by molar-refractivity contribution is 7.88. The fourth-order valence-corrected chi connectivity index (χ4v) is 5.45. The van der Waals surface area contributed by atoms with Crippen LogP contribution in [0.1, 0.15) is 18.4 Å². The maximum Gasteiger partial charge on any atom is 0.235 e. The number of nitrogens with zero attached hydrogens (tertiary/aromatic N) is 3. The molecule has 1 saturated heterocycles. The summed E-state index contributed by atoms with van der Waals surface area (Å²) in [5.74, 6) is 0.636. The number of benzene rings is 1. The zero-order chi connectivity index (χ0) is 18.0. The first-order chi connectivity index (χ1) is 12.6. The monoisotopic (exact) mass is 389 g/mol. The molecule has 8 heteroatoms. The smallest absolute Gasteiger partial charge is 0.235 e. The second-order valence-electron chi connectivity index (χ2n) is 6.27. The van der Waals surface area contributed by atoms with Gasteiger partial charge in [0, 0.05) is 13.1 Å². The van der Waals surface area contributed by atoms with Crippen molar-refractivity contribution in [3.63, 3.8) is 0 Å². The first kappa shape index (κ1) is 17.4. The Labute approximate surface area is 156 Å². The number of aromatic nitrogens is 2. The highest BCUT2D eigenvalue weighted by Gasteiger charge is 2.29. The van der Waals surface area contributed by atoms with E-state index in [1.807, 2.05) is 41.8 Å². The predicted octanol–water partition coefficient (Wildman–Crippen LogP) is 3.06. The van der Waals surface area contributed by atoms with Crippen molar-refractivity contribution < 1.29 is 13.2 Å². The zero-order valence-corrected chi connectivity index (χ0v) is 15.7. The van der Waals surface area contributed by atoms with E-state index in [1.165, 1.54) is 6.33 Å². The van der Waals surface area contributed by atoms with Gasteiger partial charge in [0.25, 0.3) is 0 Å². The Morgan fingerprint density at radius 1 is 1.12 bits per heavy atom. The van der Waals surface area contributed by atoms with Gasteiger partial charge in [0.05, 0.1) is 11.3 Å². The molecular weight excluding hydrogens is 370 g/mol. The summed E-state index contributed by atoms with van der Waals surface area (Å²) >= 11 is 1.55. The summed E-state index contributed by atoms with van der Waals surface area (Å²) in [5.41, 5.74) is 1.69. The second-order valence-corrected chi connectivity index (χ2v) is 9.16. The molecule has 26 heavy (non-hydrogen) atoms. The van der Waals surface area contributed by atoms with Crippen LogP contribution in [0.5, 0.6) is 5.88 Å². The van der Waals surface area contributed by atoms with Crippen LogP contribution in [0.25, 0.3) is 10.2 Å². The van der Waals surface area contributed by atoms with Crippen molar-refractivity contribution in [2.75, 3.05) is 13.1 Å². The molecule has 1 aliphatic rings. The van der Waals surface area contributed by atoms with Gasteiger partial charge in [0.1, 0.15) is 17.1 Å². The van der Waals surface area contributed by atoms with Crippen LogP contribution < -0.4 is 4.74 Å². The molecule has 1 fully saturated rings. The van der Waals surface area contributed by atoms with Crippen molar-refractivity contribution >= 4 is 31.6 Å². The lowest BCUT2D eigenvalue weighted by atomic mass is 10.1. The zero-order valence-electron chi connectivity index (χ0n) is 14.1.